The summed E-state index contributed by atoms with van der Waals surface area (Å²) in [7, 11) is 1.47. The van der Waals surface area contributed by atoms with Crippen molar-refractivity contribution in [1.29, 1.82) is 0 Å². The minimum absolute atomic E-state index is 0.0746. The molecule has 1 saturated heterocycles. The number of carbonyl (C=O) groups is 3. The summed E-state index contributed by atoms with van der Waals surface area (Å²) < 4.78 is 25.8. The van der Waals surface area contributed by atoms with Crippen LogP contribution in [0, 0.1) is 5.82 Å². The maximum absolute atomic E-state index is 15.0. The molecule has 11 nitrogen and oxygen atoms in total. The molecule has 3 aromatic rings. The van der Waals surface area contributed by atoms with Crippen LogP contribution in [0.3, 0.4) is 0 Å². The summed E-state index contributed by atoms with van der Waals surface area (Å²) in [6, 6.07) is 10.8. The topological polar surface area (TPSA) is 139 Å². The van der Waals surface area contributed by atoms with Gasteiger partial charge in [-0.25, -0.2) is 14.0 Å². The fraction of sp³-hybridized carbons (Fsp3) is 0.200. The average Bonchev–Trinajstić information content (AvgIpc) is 3.32. The Morgan fingerprint density at radius 2 is 1.82 bits per heavy atom. The maximum atomic E-state index is 15.0. The first-order chi connectivity index (χ1) is 18.1. The lowest BCUT2D eigenvalue weighted by atomic mass is 10.1. The first-order valence-corrected chi connectivity index (χ1v) is 11.6. The van der Waals surface area contributed by atoms with Crippen LogP contribution >= 0.6 is 11.6 Å². The Kier molecular flexibility index (Phi) is 7.93. The molecule has 3 amide bonds. The number of anilines is 2. The third-order valence-corrected chi connectivity index (χ3v) is 6.08. The Balaban J connectivity index is 1.51. The van der Waals surface area contributed by atoms with Crippen LogP contribution in [0.4, 0.5) is 25.4 Å². The highest BCUT2D eigenvalue weighted by atomic mass is 35.5. The third-order valence-electron chi connectivity index (χ3n) is 5.83. The molecule has 2 atom stereocenters. The quantitative estimate of drug-likeness (QED) is 0.399. The SMILES string of the molecule is CO[C@@H]1C[C@H](C(=O)Nc2ccc(-n3cc(OC(=O)O)ccc3=O)cc2F)N(C(=O)Nc2ccc(Cl)cc2)C1. The molecule has 198 valence electrons. The number of nitrogens with zero attached hydrogens (tertiary/aromatic N) is 2. The number of rotatable bonds is 6. The van der Waals surface area contributed by atoms with E-state index >= 15 is 0 Å². The molecule has 1 aromatic heterocycles. The van der Waals surface area contributed by atoms with E-state index in [0.717, 1.165) is 22.9 Å². The lowest BCUT2D eigenvalue weighted by molar-refractivity contribution is -0.119. The number of amides is 3. The molecule has 0 spiro atoms. The number of likely N-dealkylation sites (tertiary alicyclic amines) is 1. The maximum Gasteiger partial charge on any atom is 0.511 e. The standard InChI is InChI=1S/C25H22ClFN4O7/c1-37-18-11-21(31(13-18)24(34)28-15-4-2-14(26)3-5-15)23(33)29-20-8-6-16(10-19(20)27)30-12-17(38-25(35)36)7-9-22(30)32/h2-10,12,18,21H,11,13H2,1H3,(H,28,34)(H,29,33)(H,35,36)/t18-,21-/m1/s1. The molecule has 2 aromatic carbocycles. The van der Waals surface area contributed by atoms with Crippen LogP contribution in [-0.4, -0.2) is 58.5 Å². The number of benzene rings is 2. The van der Waals surface area contributed by atoms with Gasteiger partial charge in [-0.1, -0.05) is 11.6 Å². The fourth-order valence-electron chi connectivity index (χ4n) is 3.97. The Bertz CT molecular complexity index is 1430. The minimum Gasteiger partial charge on any atom is -0.449 e. The van der Waals surface area contributed by atoms with Crippen LogP contribution in [-0.2, 0) is 9.53 Å². The number of hydrogen-bond donors (Lipinski definition) is 3. The van der Waals surface area contributed by atoms with E-state index in [0.29, 0.717) is 10.7 Å². The lowest BCUT2D eigenvalue weighted by Gasteiger charge is -2.24. The summed E-state index contributed by atoms with van der Waals surface area (Å²) in [6.07, 6.45) is -0.676. The zero-order valence-corrected chi connectivity index (χ0v) is 20.6. The van der Waals surface area contributed by atoms with E-state index in [2.05, 4.69) is 15.4 Å². The molecule has 0 radical (unpaired) electrons. The van der Waals surface area contributed by atoms with Crippen LogP contribution < -0.4 is 20.9 Å². The number of aromatic nitrogens is 1. The predicted octanol–water partition coefficient (Wildman–Crippen LogP) is 3.95. The minimum atomic E-state index is -1.57. The first kappa shape index (κ1) is 26.6. The van der Waals surface area contributed by atoms with Gasteiger partial charge in [-0.3, -0.25) is 14.2 Å². The highest BCUT2D eigenvalue weighted by molar-refractivity contribution is 6.30. The van der Waals surface area contributed by atoms with E-state index < -0.39 is 41.6 Å². The van der Waals surface area contributed by atoms with Crippen molar-refractivity contribution < 1.29 is 33.4 Å². The number of pyridine rings is 1. The second-order valence-corrected chi connectivity index (χ2v) is 8.73. The summed E-state index contributed by atoms with van der Waals surface area (Å²) in [5.74, 6) is -1.62. The second-order valence-electron chi connectivity index (χ2n) is 8.29. The molecule has 4 rings (SSSR count). The van der Waals surface area contributed by atoms with Crippen LogP contribution in [0.1, 0.15) is 6.42 Å². The number of methoxy groups -OCH3 is 1. The average molecular weight is 545 g/mol. The molecule has 0 unspecified atom stereocenters. The number of nitrogens with one attached hydrogen (secondary N) is 2. The molecule has 2 heterocycles. The number of hydrogen-bond acceptors (Lipinski definition) is 6. The number of halogens is 2. The van der Waals surface area contributed by atoms with E-state index in [1.165, 1.54) is 30.2 Å². The van der Waals surface area contributed by atoms with Gasteiger partial charge >= 0.3 is 12.2 Å². The molecule has 0 bridgehead atoms. The van der Waals surface area contributed by atoms with Crippen molar-refractivity contribution in [3.05, 3.63) is 82.0 Å². The highest BCUT2D eigenvalue weighted by Crippen LogP contribution is 2.25. The van der Waals surface area contributed by atoms with Crippen molar-refractivity contribution in [3.8, 4) is 11.4 Å². The van der Waals surface area contributed by atoms with Gasteiger partial charge in [0.25, 0.3) is 5.56 Å². The van der Waals surface area contributed by atoms with Gasteiger partial charge in [0.05, 0.1) is 23.7 Å². The second kappa shape index (κ2) is 11.3. The van der Waals surface area contributed by atoms with Gasteiger partial charge in [0, 0.05) is 42.9 Å². The highest BCUT2D eigenvalue weighted by Gasteiger charge is 2.40. The zero-order valence-electron chi connectivity index (χ0n) is 19.9. The molecule has 13 heteroatoms. The normalized spacial score (nSPS) is 16.7. The monoisotopic (exact) mass is 544 g/mol. The van der Waals surface area contributed by atoms with Gasteiger partial charge in [-0.05, 0) is 42.5 Å². The predicted molar refractivity (Wildman–Crippen MR) is 136 cm³/mol. The molecule has 0 aliphatic carbocycles. The van der Waals surface area contributed by atoms with Gasteiger partial charge < -0.3 is 30.1 Å². The summed E-state index contributed by atoms with van der Waals surface area (Å²) in [5.41, 5.74) is -0.179. The van der Waals surface area contributed by atoms with Gasteiger partial charge in [-0.2, -0.15) is 0 Å². The van der Waals surface area contributed by atoms with Gasteiger partial charge in [0.15, 0.2) is 5.75 Å². The van der Waals surface area contributed by atoms with E-state index in [1.54, 1.807) is 24.3 Å². The molecule has 1 aliphatic rings. The largest absolute Gasteiger partial charge is 0.511 e. The van der Waals surface area contributed by atoms with Crippen molar-refractivity contribution in [2.24, 2.45) is 0 Å². The van der Waals surface area contributed by atoms with Crippen molar-refractivity contribution in [1.82, 2.24) is 9.47 Å². The zero-order chi connectivity index (χ0) is 27.4. The van der Waals surface area contributed by atoms with E-state index in [1.807, 2.05) is 0 Å². The summed E-state index contributed by atoms with van der Waals surface area (Å²) in [5, 5.41) is 14.5. The number of carboxylic acid groups (broad SMARTS) is 1. The number of urea groups is 1. The third kappa shape index (κ3) is 6.10. The molecule has 1 fully saturated rings. The molecular weight excluding hydrogens is 523 g/mol. The fourth-order valence-corrected chi connectivity index (χ4v) is 4.10. The summed E-state index contributed by atoms with van der Waals surface area (Å²) in [6.45, 7) is 0.146. The van der Waals surface area contributed by atoms with Crippen LogP contribution in [0.5, 0.6) is 5.75 Å². The van der Waals surface area contributed by atoms with Crippen molar-refractivity contribution in [2.75, 3.05) is 24.3 Å². The Morgan fingerprint density at radius 1 is 1.08 bits per heavy atom. The molecule has 3 N–H and O–H groups in total. The van der Waals surface area contributed by atoms with Gasteiger partial charge in [-0.15, -0.1) is 0 Å². The molecular formula is C25H22ClFN4O7. The molecule has 1 aliphatic heterocycles. The number of carbonyl (C=O) groups excluding carboxylic acids is 2. The Hall–Kier alpha value is -4.42. The van der Waals surface area contributed by atoms with E-state index in [-0.39, 0.29) is 30.1 Å². The Morgan fingerprint density at radius 3 is 2.47 bits per heavy atom. The summed E-state index contributed by atoms with van der Waals surface area (Å²) >= 11 is 5.88. The van der Waals surface area contributed by atoms with Crippen molar-refractivity contribution in [3.63, 3.8) is 0 Å². The number of ether oxygens (including phenoxy) is 2. The van der Waals surface area contributed by atoms with Crippen molar-refractivity contribution >= 4 is 41.1 Å². The molecule has 0 saturated carbocycles. The van der Waals surface area contributed by atoms with Gasteiger partial charge in [0.2, 0.25) is 5.91 Å². The van der Waals surface area contributed by atoms with Crippen molar-refractivity contribution in [2.45, 2.75) is 18.6 Å². The van der Waals surface area contributed by atoms with Crippen LogP contribution in [0.15, 0.2) is 65.6 Å². The van der Waals surface area contributed by atoms with E-state index in [4.69, 9.17) is 21.4 Å². The van der Waals surface area contributed by atoms with Crippen LogP contribution in [0.2, 0.25) is 5.02 Å². The van der Waals surface area contributed by atoms with E-state index in [9.17, 15) is 23.6 Å². The lowest BCUT2D eigenvalue weighted by Crippen LogP contribution is -2.45. The summed E-state index contributed by atoms with van der Waals surface area (Å²) in [4.78, 5) is 50.3. The van der Waals surface area contributed by atoms with Crippen LogP contribution in [0.25, 0.3) is 5.69 Å². The van der Waals surface area contributed by atoms with Gasteiger partial charge in [0.1, 0.15) is 11.9 Å². The Labute approximate surface area is 220 Å². The first-order valence-electron chi connectivity index (χ1n) is 11.2. The molecule has 38 heavy (non-hydrogen) atoms. The smallest absolute Gasteiger partial charge is 0.449 e.